The van der Waals surface area contributed by atoms with Gasteiger partial charge >= 0.3 is 0 Å². The van der Waals surface area contributed by atoms with Gasteiger partial charge in [-0.25, -0.2) is 0 Å². The number of nitrogen functional groups attached to an aromatic ring is 1. The van der Waals surface area contributed by atoms with Crippen LogP contribution in [0.4, 0.5) is 11.5 Å². The summed E-state index contributed by atoms with van der Waals surface area (Å²) in [6.45, 7) is 7.35. The molecular formula is C14H24N4O2. The van der Waals surface area contributed by atoms with Crippen LogP contribution in [0.15, 0.2) is 12.1 Å². The summed E-state index contributed by atoms with van der Waals surface area (Å²) >= 11 is 0. The van der Waals surface area contributed by atoms with Crippen LogP contribution in [0.2, 0.25) is 0 Å². The van der Waals surface area contributed by atoms with Crippen molar-refractivity contribution in [1.29, 1.82) is 0 Å². The van der Waals surface area contributed by atoms with Crippen LogP contribution in [-0.2, 0) is 0 Å². The predicted octanol–water partition coefficient (Wildman–Crippen LogP) is 0.567. The Labute approximate surface area is 120 Å². The Morgan fingerprint density at radius 3 is 2.70 bits per heavy atom. The second kappa shape index (κ2) is 7.31. The molecule has 2 heterocycles. The highest BCUT2D eigenvalue weighted by Gasteiger charge is 2.18. The summed E-state index contributed by atoms with van der Waals surface area (Å²) in [6.07, 6.45) is 0.936. The fraction of sp³-hybridized carbons (Fsp3) is 0.643. The van der Waals surface area contributed by atoms with Crippen molar-refractivity contribution in [3.63, 3.8) is 0 Å². The number of aromatic nitrogens is 1. The lowest BCUT2D eigenvalue weighted by molar-refractivity contribution is 0.188. The van der Waals surface area contributed by atoms with Crippen molar-refractivity contribution < 1.29 is 9.84 Å². The normalized spacial score (nSPS) is 16.4. The molecular weight excluding hydrogens is 256 g/mol. The molecule has 1 aliphatic heterocycles. The molecule has 0 unspecified atom stereocenters. The van der Waals surface area contributed by atoms with E-state index in [0.29, 0.717) is 18.2 Å². The third-order valence-electron chi connectivity index (χ3n) is 3.43. The van der Waals surface area contributed by atoms with E-state index in [1.54, 1.807) is 0 Å². The highest BCUT2D eigenvalue weighted by Crippen LogP contribution is 2.24. The molecule has 112 valence electrons. The van der Waals surface area contributed by atoms with E-state index in [9.17, 15) is 0 Å². The summed E-state index contributed by atoms with van der Waals surface area (Å²) in [5.74, 6) is 1.44. The zero-order valence-corrected chi connectivity index (χ0v) is 12.1. The maximum Gasteiger partial charge on any atom is 0.239 e. The number of hydrogen-bond donors (Lipinski definition) is 2. The van der Waals surface area contributed by atoms with Crippen LogP contribution < -0.4 is 15.4 Å². The molecule has 0 spiro atoms. The SMILES string of the molecule is CCCOc1nc(N2CCN(CCO)CC2)ccc1N. The molecule has 1 aromatic rings. The van der Waals surface area contributed by atoms with Crippen molar-refractivity contribution in [2.24, 2.45) is 0 Å². The van der Waals surface area contributed by atoms with E-state index in [1.165, 1.54) is 0 Å². The van der Waals surface area contributed by atoms with Crippen LogP contribution in [0.25, 0.3) is 0 Å². The van der Waals surface area contributed by atoms with Gasteiger partial charge in [-0.1, -0.05) is 6.92 Å². The number of β-amino-alcohol motifs (C(OH)–C–C–N with tert-alkyl or cyclic N) is 1. The summed E-state index contributed by atoms with van der Waals surface area (Å²) in [5, 5.41) is 8.95. The molecule has 1 saturated heterocycles. The number of aliphatic hydroxyl groups is 1. The second-order valence-electron chi connectivity index (χ2n) is 4.96. The second-order valence-corrected chi connectivity index (χ2v) is 4.96. The van der Waals surface area contributed by atoms with Crippen LogP contribution in [0.3, 0.4) is 0 Å². The van der Waals surface area contributed by atoms with Crippen molar-refractivity contribution in [2.75, 3.05) is 56.6 Å². The van der Waals surface area contributed by atoms with Gasteiger partial charge in [0.15, 0.2) is 0 Å². The van der Waals surface area contributed by atoms with Gasteiger partial charge in [0.1, 0.15) is 5.82 Å². The maximum atomic E-state index is 8.95. The standard InChI is InChI=1S/C14H24N4O2/c1-2-11-20-14-12(15)3-4-13(16-14)18-7-5-17(6-8-18)9-10-19/h3-4,19H,2,5-11,15H2,1H3. The van der Waals surface area contributed by atoms with E-state index < -0.39 is 0 Å². The molecule has 0 radical (unpaired) electrons. The number of hydrogen-bond acceptors (Lipinski definition) is 6. The fourth-order valence-corrected chi connectivity index (χ4v) is 2.27. The molecule has 3 N–H and O–H groups in total. The minimum atomic E-state index is 0.217. The van der Waals surface area contributed by atoms with Gasteiger partial charge in [-0.05, 0) is 18.6 Å². The molecule has 0 bridgehead atoms. The van der Waals surface area contributed by atoms with E-state index in [2.05, 4.69) is 21.7 Å². The number of anilines is 2. The van der Waals surface area contributed by atoms with Crippen molar-refractivity contribution in [1.82, 2.24) is 9.88 Å². The Morgan fingerprint density at radius 1 is 1.30 bits per heavy atom. The minimum absolute atomic E-state index is 0.217. The van der Waals surface area contributed by atoms with Gasteiger partial charge < -0.3 is 20.5 Å². The van der Waals surface area contributed by atoms with Crippen LogP contribution in [-0.4, -0.2) is 60.9 Å². The molecule has 2 rings (SSSR count). The average Bonchev–Trinajstić information content (AvgIpc) is 2.48. The topological polar surface area (TPSA) is 74.8 Å². The van der Waals surface area contributed by atoms with Gasteiger partial charge in [0, 0.05) is 32.7 Å². The first kappa shape index (κ1) is 14.9. The maximum absolute atomic E-state index is 8.95. The molecule has 20 heavy (non-hydrogen) atoms. The smallest absolute Gasteiger partial charge is 0.239 e. The van der Waals surface area contributed by atoms with Crippen molar-refractivity contribution in [2.45, 2.75) is 13.3 Å². The third kappa shape index (κ3) is 3.74. The molecule has 1 fully saturated rings. The molecule has 6 heteroatoms. The Morgan fingerprint density at radius 2 is 2.05 bits per heavy atom. The molecule has 0 atom stereocenters. The monoisotopic (exact) mass is 280 g/mol. The van der Waals surface area contributed by atoms with E-state index in [4.69, 9.17) is 15.6 Å². The average molecular weight is 280 g/mol. The zero-order chi connectivity index (χ0) is 14.4. The first-order valence-corrected chi connectivity index (χ1v) is 7.22. The summed E-state index contributed by atoms with van der Waals surface area (Å²) in [7, 11) is 0. The summed E-state index contributed by atoms with van der Waals surface area (Å²) in [6, 6.07) is 3.79. The quantitative estimate of drug-likeness (QED) is 0.793. The number of pyridine rings is 1. The summed E-state index contributed by atoms with van der Waals surface area (Å²) in [5.41, 5.74) is 6.46. The highest BCUT2D eigenvalue weighted by molar-refractivity contribution is 5.54. The highest BCUT2D eigenvalue weighted by atomic mass is 16.5. The molecule has 6 nitrogen and oxygen atoms in total. The van der Waals surface area contributed by atoms with E-state index >= 15 is 0 Å². The lowest BCUT2D eigenvalue weighted by Crippen LogP contribution is -2.47. The molecule has 1 aromatic heterocycles. The van der Waals surface area contributed by atoms with Crippen molar-refractivity contribution in [3.8, 4) is 5.88 Å². The predicted molar refractivity (Wildman–Crippen MR) is 80.2 cm³/mol. The van der Waals surface area contributed by atoms with Crippen LogP contribution in [0, 0.1) is 0 Å². The van der Waals surface area contributed by atoms with Gasteiger partial charge in [0.2, 0.25) is 5.88 Å². The fourth-order valence-electron chi connectivity index (χ4n) is 2.27. The number of nitrogens with two attached hydrogens (primary N) is 1. The third-order valence-corrected chi connectivity index (χ3v) is 3.43. The van der Waals surface area contributed by atoms with Gasteiger partial charge in [-0.2, -0.15) is 4.98 Å². The van der Waals surface area contributed by atoms with Gasteiger partial charge in [-0.3, -0.25) is 4.90 Å². The first-order chi connectivity index (χ1) is 9.74. The summed E-state index contributed by atoms with van der Waals surface area (Å²) in [4.78, 5) is 9.00. The van der Waals surface area contributed by atoms with E-state index in [1.807, 2.05) is 12.1 Å². The van der Waals surface area contributed by atoms with Crippen LogP contribution in [0.5, 0.6) is 5.88 Å². The number of rotatable bonds is 6. The van der Waals surface area contributed by atoms with Crippen LogP contribution >= 0.6 is 0 Å². The molecule has 0 amide bonds. The van der Waals surface area contributed by atoms with Crippen molar-refractivity contribution >= 4 is 11.5 Å². The van der Waals surface area contributed by atoms with E-state index in [-0.39, 0.29) is 6.61 Å². The number of aliphatic hydroxyl groups excluding tert-OH is 1. The lowest BCUT2D eigenvalue weighted by Gasteiger charge is -2.35. The Balaban J connectivity index is 1.99. The van der Waals surface area contributed by atoms with E-state index in [0.717, 1.165) is 45.0 Å². The number of nitrogens with zero attached hydrogens (tertiary/aromatic N) is 3. The molecule has 0 saturated carbocycles. The van der Waals surface area contributed by atoms with Crippen molar-refractivity contribution in [3.05, 3.63) is 12.1 Å². The lowest BCUT2D eigenvalue weighted by atomic mass is 10.3. The molecule has 1 aliphatic rings. The Hall–Kier alpha value is -1.53. The van der Waals surface area contributed by atoms with Gasteiger partial charge in [0.05, 0.1) is 18.9 Å². The number of piperazine rings is 1. The number of ether oxygens (including phenoxy) is 1. The van der Waals surface area contributed by atoms with Gasteiger partial charge in [0.25, 0.3) is 0 Å². The largest absolute Gasteiger partial charge is 0.476 e. The Bertz CT molecular complexity index is 420. The molecule has 0 aromatic carbocycles. The molecule has 0 aliphatic carbocycles. The minimum Gasteiger partial charge on any atom is -0.476 e. The Kier molecular flexibility index (Phi) is 5.43. The first-order valence-electron chi connectivity index (χ1n) is 7.22. The zero-order valence-electron chi connectivity index (χ0n) is 12.1. The summed E-state index contributed by atoms with van der Waals surface area (Å²) < 4.78 is 5.57. The van der Waals surface area contributed by atoms with Gasteiger partial charge in [-0.15, -0.1) is 0 Å². The van der Waals surface area contributed by atoms with Crippen LogP contribution in [0.1, 0.15) is 13.3 Å².